The maximum atomic E-state index is 10.2. The summed E-state index contributed by atoms with van der Waals surface area (Å²) in [5, 5.41) is 20.0. The highest BCUT2D eigenvalue weighted by atomic mass is 16.3. The second kappa shape index (κ2) is 2.05. The van der Waals surface area contributed by atoms with Crippen molar-refractivity contribution in [2.75, 3.05) is 0 Å². The number of fused-ring (bicyclic) bond motifs is 2. The van der Waals surface area contributed by atoms with E-state index in [9.17, 15) is 10.2 Å². The Kier molecular flexibility index (Phi) is 1.25. The fraction of sp³-hybridized carbons (Fsp3) is 1.00. The zero-order valence-corrected chi connectivity index (χ0v) is 7.24. The number of aliphatic hydroxyl groups is 2. The lowest BCUT2D eigenvalue weighted by molar-refractivity contribution is -0.111. The summed E-state index contributed by atoms with van der Waals surface area (Å²) in [4.78, 5) is 0. The molecule has 3 saturated carbocycles. The molecule has 3 aliphatic rings. The molecule has 0 saturated heterocycles. The lowest BCUT2D eigenvalue weighted by atomic mass is 9.68. The van der Waals surface area contributed by atoms with E-state index in [0.717, 1.165) is 31.6 Å². The highest BCUT2D eigenvalue weighted by Gasteiger charge is 2.56. The lowest BCUT2D eigenvalue weighted by Crippen LogP contribution is -2.48. The summed E-state index contributed by atoms with van der Waals surface area (Å²) in [6.07, 6.45) is 5.01. The Morgan fingerprint density at radius 1 is 1.00 bits per heavy atom. The summed E-state index contributed by atoms with van der Waals surface area (Å²) < 4.78 is 0. The van der Waals surface area contributed by atoms with Gasteiger partial charge in [0.1, 0.15) is 0 Å². The number of hydrogen-bond acceptors (Lipinski definition) is 2. The van der Waals surface area contributed by atoms with Crippen LogP contribution in [0.2, 0.25) is 0 Å². The molecule has 2 nitrogen and oxygen atoms in total. The fourth-order valence-corrected chi connectivity index (χ4v) is 3.98. The van der Waals surface area contributed by atoms with Crippen LogP contribution in [0.1, 0.15) is 32.1 Å². The first-order valence-corrected chi connectivity index (χ1v) is 5.08. The van der Waals surface area contributed by atoms with Crippen molar-refractivity contribution in [3.63, 3.8) is 0 Å². The SMILES string of the molecule is OC1CC2CC3CC1C(O)(C2)C3. The summed E-state index contributed by atoms with van der Waals surface area (Å²) in [5.41, 5.74) is -0.467. The molecule has 0 radical (unpaired) electrons. The van der Waals surface area contributed by atoms with E-state index in [1.165, 1.54) is 6.42 Å². The average Bonchev–Trinajstić information content (AvgIpc) is 2.11. The molecule has 0 amide bonds. The quantitative estimate of drug-likeness (QED) is 0.564. The van der Waals surface area contributed by atoms with Crippen molar-refractivity contribution in [1.82, 2.24) is 0 Å². The average molecular weight is 168 g/mol. The van der Waals surface area contributed by atoms with Gasteiger partial charge in [-0.05, 0) is 43.9 Å². The molecule has 0 aliphatic heterocycles. The van der Waals surface area contributed by atoms with Gasteiger partial charge in [0.2, 0.25) is 0 Å². The molecule has 3 rings (SSSR count). The van der Waals surface area contributed by atoms with Gasteiger partial charge >= 0.3 is 0 Å². The number of rotatable bonds is 0. The molecular weight excluding hydrogens is 152 g/mol. The summed E-state index contributed by atoms with van der Waals surface area (Å²) in [5.74, 6) is 1.54. The third kappa shape index (κ3) is 0.775. The first kappa shape index (κ1) is 7.34. The monoisotopic (exact) mass is 168 g/mol. The summed E-state index contributed by atoms with van der Waals surface area (Å²) >= 11 is 0. The molecule has 0 heterocycles. The van der Waals surface area contributed by atoms with Gasteiger partial charge in [0.25, 0.3) is 0 Å². The van der Waals surface area contributed by atoms with Crippen LogP contribution in [0, 0.1) is 17.8 Å². The van der Waals surface area contributed by atoms with Crippen molar-refractivity contribution in [2.45, 2.75) is 43.8 Å². The van der Waals surface area contributed by atoms with Gasteiger partial charge in [0, 0.05) is 5.92 Å². The summed E-state index contributed by atoms with van der Waals surface area (Å²) in [7, 11) is 0. The van der Waals surface area contributed by atoms with E-state index in [2.05, 4.69) is 0 Å². The predicted octanol–water partition coefficient (Wildman–Crippen LogP) is 0.918. The minimum atomic E-state index is -0.467. The third-order valence-electron chi connectivity index (χ3n) is 4.27. The summed E-state index contributed by atoms with van der Waals surface area (Å²) in [6, 6.07) is 0. The third-order valence-corrected chi connectivity index (χ3v) is 4.27. The van der Waals surface area contributed by atoms with Gasteiger partial charge in [-0.15, -0.1) is 0 Å². The molecule has 0 aromatic carbocycles. The second-order valence-electron chi connectivity index (χ2n) is 5.12. The first-order chi connectivity index (χ1) is 5.67. The van der Waals surface area contributed by atoms with Crippen molar-refractivity contribution in [1.29, 1.82) is 0 Å². The predicted molar refractivity (Wildman–Crippen MR) is 44.5 cm³/mol. The first-order valence-electron chi connectivity index (χ1n) is 5.08. The normalized spacial score (nSPS) is 62.5. The fourth-order valence-electron chi connectivity index (χ4n) is 3.98. The van der Waals surface area contributed by atoms with Crippen molar-refractivity contribution < 1.29 is 10.2 Å². The van der Waals surface area contributed by atoms with Crippen LogP contribution in [0.25, 0.3) is 0 Å². The van der Waals surface area contributed by atoms with Crippen LogP contribution in [0.3, 0.4) is 0 Å². The van der Waals surface area contributed by atoms with Crippen molar-refractivity contribution in [3.05, 3.63) is 0 Å². The van der Waals surface area contributed by atoms with Gasteiger partial charge < -0.3 is 10.2 Å². The molecule has 0 aromatic heterocycles. The molecule has 12 heavy (non-hydrogen) atoms. The van der Waals surface area contributed by atoms with Crippen molar-refractivity contribution in [2.24, 2.45) is 17.8 Å². The van der Waals surface area contributed by atoms with E-state index in [0.29, 0.717) is 5.92 Å². The molecule has 2 heteroatoms. The van der Waals surface area contributed by atoms with Gasteiger partial charge in [-0.2, -0.15) is 0 Å². The highest BCUT2D eigenvalue weighted by molar-refractivity contribution is 5.08. The van der Waals surface area contributed by atoms with Crippen LogP contribution in [0.4, 0.5) is 0 Å². The number of hydrogen-bond donors (Lipinski definition) is 2. The molecule has 0 aromatic rings. The van der Waals surface area contributed by atoms with Crippen molar-refractivity contribution >= 4 is 0 Å². The molecule has 2 N–H and O–H groups in total. The zero-order valence-electron chi connectivity index (χ0n) is 7.24. The van der Waals surface area contributed by atoms with Crippen LogP contribution < -0.4 is 0 Å². The molecule has 5 atom stereocenters. The van der Waals surface area contributed by atoms with E-state index in [1.54, 1.807) is 0 Å². The van der Waals surface area contributed by atoms with E-state index in [-0.39, 0.29) is 12.0 Å². The molecule has 0 spiro atoms. The van der Waals surface area contributed by atoms with Crippen LogP contribution in [-0.4, -0.2) is 21.9 Å². The second-order valence-corrected chi connectivity index (χ2v) is 5.12. The Morgan fingerprint density at radius 2 is 1.67 bits per heavy atom. The largest absolute Gasteiger partial charge is 0.393 e. The van der Waals surface area contributed by atoms with Crippen LogP contribution >= 0.6 is 0 Å². The Labute approximate surface area is 72.6 Å². The molecule has 3 bridgehead atoms. The van der Waals surface area contributed by atoms with Gasteiger partial charge in [0.05, 0.1) is 11.7 Å². The zero-order chi connectivity index (χ0) is 8.34. The van der Waals surface area contributed by atoms with Gasteiger partial charge in [-0.25, -0.2) is 0 Å². The van der Waals surface area contributed by atoms with Crippen LogP contribution in [-0.2, 0) is 0 Å². The maximum absolute atomic E-state index is 10.2. The maximum Gasteiger partial charge on any atom is 0.0705 e. The van der Waals surface area contributed by atoms with E-state index in [4.69, 9.17) is 0 Å². The Bertz CT molecular complexity index is 214. The Hall–Kier alpha value is -0.0800. The molecule has 5 unspecified atom stereocenters. The molecular formula is C10H16O2. The van der Waals surface area contributed by atoms with Crippen molar-refractivity contribution in [3.8, 4) is 0 Å². The van der Waals surface area contributed by atoms with Gasteiger partial charge in [-0.3, -0.25) is 0 Å². The minimum Gasteiger partial charge on any atom is -0.393 e. The van der Waals surface area contributed by atoms with E-state index < -0.39 is 5.60 Å². The van der Waals surface area contributed by atoms with Crippen LogP contribution in [0.15, 0.2) is 0 Å². The molecule has 3 aliphatic carbocycles. The van der Waals surface area contributed by atoms with Gasteiger partial charge in [0.15, 0.2) is 0 Å². The number of aliphatic hydroxyl groups excluding tert-OH is 1. The molecule has 68 valence electrons. The standard InChI is InChI=1S/C10H16O2/c11-9-3-7-1-6-2-8(9)10(12,4-6)5-7/h6-9,11-12H,1-5H2. The Morgan fingerprint density at radius 3 is 2.42 bits per heavy atom. The smallest absolute Gasteiger partial charge is 0.0705 e. The molecule has 3 fully saturated rings. The van der Waals surface area contributed by atoms with Gasteiger partial charge in [-0.1, -0.05) is 0 Å². The topological polar surface area (TPSA) is 40.5 Å². The van der Waals surface area contributed by atoms with E-state index in [1.807, 2.05) is 0 Å². The van der Waals surface area contributed by atoms with E-state index >= 15 is 0 Å². The van der Waals surface area contributed by atoms with Crippen LogP contribution in [0.5, 0.6) is 0 Å². The lowest BCUT2D eigenvalue weighted by Gasteiger charge is -2.43. The minimum absolute atomic E-state index is 0.207. The summed E-state index contributed by atoms with van der Waals surface area (Å²) in [6.45, 7) is 0. The Balaban J connectivity index is 2.00. The highest BCUT2D eigenvalue weighted by Crippen LogP contribution is 2.57.